The van der Waals surface area contributed by atoms with E-state index in [4.69, 9.17) is 0 Å². The van der Waals surface area contributed by atoms with Crippen molar-refractivity contribution in [2.24, 2.45) is 0 Å². The average Bonchev–Trinajstić information content (AvgIpc) is 2.99. The molecule has 2 heterocycles. The lowest BCUT2D eigenvalue weighted by Crippen LogP contribution is -2.41. The van der Waals surface area contributed by atoms with Gasteiger partial charge in [0.05, 0.1) is 6.54 Å². The molecule has 1 aliphatic heterocycles. The van der Waals surface area contributed by atoms with Crippen molar-refractivity contribution in [2.45, 2.75) is 25.9 Å². The van der Waals surface area contributed by atoms with Gasteiger partial charge >= 0.3 is 0 Å². The fourth-order valence-electron chi connectivity index (χ4n) is 2.85. The van der Waals surface area contributed by atoms with Crippen molar-refractivity contribution in [2.75, 3.05) is 13.1 Å². The molecule has 1 N–H and O–H groups in total. The standard InChI is InChI=1S/C17H19FN2OS/c1-12-14-7-9-22-16(14)6-8-20(12)11-17(21)19-10-13-4-2-3-5-15(13)18/h2-5,7,9,12H,6,8,10-11H2,1H3,(H,19,21). The summed E-state index contributed by atoms with van der Waals surface area (Å²) in [6.07, 6.45) is 0.998. The number of thiophene rings is 1. The molecule has 5 heteroatoms. The number of fused-ring (bicyclic) bond motifs is 1. The zero-order valence-corrected chi connectivity index (χ0v) is 13.3. The van der Waals surface area contributed by atoms with Gasteiger partial charge in [0.2, 0.25) is 5.91 Å². The molecule has 0 spiro atoms. The number of benzene rings is 1. The van der Waals surface area contributed by atoms with Crippen LogP contribution in [0.5, 0.6) is 0 Å². The van der Waals surface area contributed by atoms with Gasteiger partial charge in [-0.3, -0.25) is 9.69 Å². The molecule has 0 aliphatic carbocycles. The first kappa shape index (κ1) is 15.2. The summed E-state index contributed by atoms with van der Waals surface area (Å²) in [5, 5.41) is 4.92. The normalized spacial score (nSPS) is 18.0. The number of carbonyl (C=O) groups is 1. The first-order valence-electron chi connectivity index (χ1n) is 7.45. The molecule has 0 bridgehead atoms. The Bertz CT molecular complexity index is 670. The Morgan fingerprint density at radius 2 is 2.23 bits per heavy atom. The summed E-state index contributed by atoms with van der Waals surface area (Å²) in [4.78, 5) is 15.7. The summed E-state index contributed by atoms with van der Waals surface area (Å²) >= 11 is 1.79. The van der Waals surface area contributed by atoms with Crippen molar-refractivity contribution >= 4 is 17.2 Å². The van der Waals surface area contributed by atoms with Crippen LogP contribution in [0, 0.1) is 5.82 Å². The molecular weight excluding hydrogens is 299 g/mol. The summed E-state index contributed by atoms with van der Waals surface area (Å²) in [6.45, 7) is 3.61. The van der Waals surface area contributed by atoms with E-state index < -0.39 is 0 Å². The van der Waals surface area contributed by atoms with Crippen LogP contribution < -0.4 is 5.32 Å². The van der Waals surface area contributed by atoms with Crippen LogP contribution in [0.15, 0.2) is 35.7 Å². The number of nitrogens with zero attached hydrogens (tertiary/aromatic N) is 1. The van der Waals surface area contributed by atoms with Crippen LogP contribution in [0.2, 0.25) is 0 Å². The molecule has 0 saturated carbocycles. The largest absolute Gasteiger partial charge is 0.351 e. The van der Waals surface area contributed by atoms with Gasteiger partial charge in [-0.1, -0.05) is 18.2 Å². The van der Waals surface area contributed by atoms with Crippen LogP contribution >= 0.6 is 11.3 Å². The second kappa shape index (κ2) is 6.58. The van der Waals surface area contributed by atoms with Crippen molar-refractivity contribution in [3.8, 4) is 0 Å². The predicted molar refractivity (Wildman–Crippen MR) is 86.3 cm³/mol. The van der Waals surface area contributed by atoms with Gasteiger partial charge in [-0.2, -0.15) is 0 Å². The molecule has 2 aromatic rings. The zero-order valence-electron chi connectivity index (χ0n) is 12.5. The van der Waals surface area contributed by atoms with Gasteiger partial charge in [0.1, 0.15) is 5.82 Å². The van der Waals surface area contributed by atoms with Crippen LogP contribution in [0.4, 0.5) is 4.39 Å². The van der Waals surface area contributed by atoms with Crippen LogP contribution in [0.3, 0.4) is 0 Å². The number of hydrogen-bond donors (Lipinski definition) is 1. The van der Waals surface area contributed by atoms with Crippen molar-refractivity contribution in [3.05, 3.63) is 57.5 Å². The molecule has 0 saturated heterocycles. The van der Waals surface area contributed by atoms with Gasteiger partial charge in [-0.15, -0.1) is 11.3 Å². The van der Waals surface area contributed by atoms with Crippen molar-refractivity contribution < 1.29 is 9.18 Å². The van der Waals surface area contributed by atoms with Crippen LogP contribution in [0.25, 0.3) is 0 Å². The minimum Gasteiger partial charge on any atom is -0.351 e. The highest BCUT2D eigenvalue weighted by Gasteiger charge is 2.25. The monoisotopic (exact) mass is 318 g/mol. The molecule has 1 aromatic heterocycles. The van der Waals surface area contributed by atoms with Crippen LogP contribution in [0.1, 0.15) is 29.0 Å². The molecule has 116 valence electrons. The van der Waals surface area contributed by atoms with E-state index in [0.717, 1.165) is 13.0 Å². The molecule has 1 atom stereocenters. The molecule has 22 heavy (non-hydrogen) atoms. The molecule has 1 amide bonds. The second-order valence-electron chi connectivity index (χ2n) is 5.56. The Morgan fingerprint density at radius 3 is 3.05 bits per heavy atom. The smallest absolute Gasteiger partial charge is 0.234 e. The lowest BCUT2D eigenvalue weighted by molar-refractivity contribution is -0.123. The van der Waals surface area contributed by atoms with Crippen molar-refractivity contribution in [1.29, 1.82) is 0 Å². The van der Waals surface area contributed by atoms with Gasteiger partial charge in [0, 0.05) is 29.6 Å². The highest BCUT2D eigenvalue weighted by Crippen LogP contribution is 2.32. The maximum atomic E-state index is 13.5. The summed E-state index contributed by atoms with van der Waals surface area (Å²) in [5.41, 5.74) is 1.85. The van der Waals surface area contributed by atoms with Crippen LogP contribution in [-0.2, 0) is 17.8 Å². The quantitative estimate of drug-likeness (QED) is 0.939. The molecular formula is C17H19FN2OS. The van der Waals surface area contributed by atoms with E-state index in [0.29, 0.717) is 12.1 Å². The maximum Gasteiger partial charge on any atom is 0.234 e. The summed E-state index contributed by atoms with van der Waals surface area (Å²) in [6, 6.07) is 8.93. The number of rotatable bonds is 4. The molecule has 3 nitrogen and oxygen atoms in total. The molecule has 1 aliphatic rings. The topological polar surface area (TPSA) is 32.3 Å². The number of hydrogen-bond acceptors (Lipinski definition) is 3. The van der Waals surface area contributed by atoms with Gasteiger partial charge in [-0.25, -0.2) is 4.39 Å². The minimum atomic E-state index is -0.281. The Labute approximate surface area is 133 Å². The number of amides is 1. The van der Waals surface area contributed by atoms with E-state index in [9.17, 15) is 9.18 Å². The van der Waals surface area contributed by atoms with Crippen LogP contribution in [-0.4, -0.2) is 23.9 Å². The third-order valence-corrected chi connectivity index (χ3v) is 5.18. The summed E-state index contributed by atoms with van der Waals surface area (Å²) in [7, 11) is 0. The highest BCUT2D eigenvalue weighted by atomic mass is 32.1. The van der Waals surface area contributed by atoms with E-state index in [1.54, 1.807) is 29.5 Å². The van der Waals surface area contributed by atoms with E-state index in [1.165, 1.54) is 16.5 Å². The lowest BCUT2D eigenvalue weighted by Gasteiger charge is -2.32. The molecule has 3 rings (SSSR count). The van der Waals surface area contributed by atoms with Crippen molar-refractivity contribution in [3.63, 3.8) is 0 Å². The average molecular weight is 318 g/mol. The SMILES string of the molecule is CC1c2ccsc2CCN1CC(=O)NCc1ccccc1F. The molecule has 1 aromatic carbocycles. The zero-order chi connectivity index (χ0) is 15.5. The third-order valence-electron chi connectivity index (χ3n) is 4.18. The van der Waals surface area contributed by atoms with E-state index >= 15 is 0 Å². The number of halogens is 1. The second-order valence-corrected chi connectivity index (χ2v) is 6.56. The fraction of sp³-hybridized carbons (Fsp3) is 0.353. The molecule has 1 unspecified atom stereocenters. The van der Waals surface area contributed by atoms with E-state index in [-0.39, 0.29) is 24.3 Å². The van der Waals surface area contributed by atoms with E-state index in [1.807, 2.05) is 0 Å². The Balaban J connectivity index is 1.55. The molecule has 0 radical (unpaired) electrons. The predicted octanol–water partition coefficient (Wildman–Crippen LogP) is 3.12. The number of carbonyl (C=O) groups excluding carboxylic acids is 1. The third kappa shape index (κ3) is 3.20. The van der Waals surface area contributed by atoms with Gasteiger partial charge in [0.25, 0.3) is 0 Å². The number of nitrogens with one attached hydrogen (secondary N) is 1. The Morgan fingerprint density at radius 1 is 1.41 bits per heavy atom. The molecule has 0 fully saturated rings. The van der Waals surface area contributed by atoms with Gasteiger partial charge < -0.3 is 5.32 Å². The first-order chi connectivity index (χ1) is 10.6. The first-order valence-corrected chi connectivity index (χ1v) is 8.33. The lowest BCUT2D eigenvalue weighted by atomic mass is 10.0. The summed E-state index contributed by atoms with van der Waals surface area (Å²) in [5.74, 6) is -0.342. The van der Waals surface area contributed by atoms with E-state index in [2.05, 4.69) is 28.6 Å². The van der Waals surface area contributed by atoms with Gasteiger partial charge in [0.15, 0.2) is 0 Å². The maximum absolute atomic E-state index is 13.5. The highest BCUT2D eigenvalue weighted by molar-refractivity contribution is 7.10. The minimum absolute atomic E-state index is 0.0613. The Hall–Kier alpha value is -1.72. The van der Waals surface area contributed by atoms with Crippen molar-refractivity contribution in [1.82, 2.24) is 10.2 Å². The summed E-state index contributed by atoms with van der Waals surface area (Å²) < 4.78 is 13.5. The fourth-order valence-corrected chi connectivity index (χ4v) is 3.82. The van der Waals surface area contributed by atoms with Gasteiger partial charge in [-0.05, 0) is 36.4 Å². The Kier molecular flexibility index (Phi) is 4.55.